The Bertz CT molecular complexity index is 486. The summed E-state index contributed by atoms with van der Waals surface area (Å²) in [6.45, 7) is 7.27. The quantitative estimate of drug-likeness (QED) is 0.576. The monoisotopic (exact) mass is 334 g/mol. The van der Waals surface area contributed by atoms with Gasteiger partial charge in [-0.15, -0.1) is 11.3 Å². The summed E-state index contributed by atoms with van der Waals surface area (Å²) in [7, 11) is -3.41. The Morgan fingerprint density at radius 3 is 2.71 bits per heavy atom. The van der Waals surface area contributed by atoms with Gasteiger partial charge in [-0.25, -0.2) is 13.1 Å². The van der Waals surface area contributed by atoms with E-state index in [0.29, 0.717) is 31.0 Å². The average Bonchev–Trinajstić information content (AvgIpc) is 2.93. The Morgan fingerprint density at radius 2 is 2.00 bits per heavy atom. The molecule has 0 fully saturated rings. The fraction of sp³-hybridized carbons (Fsp3) is 0.714. The normalized spacial score (nSPS) is 11.9. The van der Waals surface area contributed by atoms with Gasteiger partial charge in [0.05, 0.1) is 4.90 Å². The van der Waals surface area contributed by atoms with E-state index in [0.717, 1.165) is 30.9 Å². The number of rotatable bonds is 12. The Labute approximate surface area is 132 Å². The summed E-state index contributed by atoms with van der Waals surface area (Å²) in [4.78, 5) is 1.24. The van der Waals surface area contributed by atoms with Crippen molar-refractivity contribution in [3.05, 3.63) is 16.3 Å². The van der Waals surface area contributed by atoms with Crippen LogP contribution < -0.4 is 10.0 Å². The molecular formula is C14H26N2O3S2. The number of sulfonamides is 1. The summed E-state index contributed by atoms with van der Waals surface area (Å²) in [5, 5.41) is 4.97. The summed E-state index contributed by atoms with van der Waals surface area (Å²) < 4.78 is 32.5. The predicted octanol–water partition coefficient (Wildman–Crippen LogP) is 2.34. The van der Waals surface area contributed by atoms with Gasteiger partial charge in [-0.1, -0.05) is 20.3 Å². The fourth-order valence-electron chi connectivity index (χ4n) is 1.74. The van der Waals surface area contributed by atoms with Crippen LogP contribution in [0.5, 0.6) is 0 Å². The molecule has 0 unspecified atom stereocenters. The first-order valence-corrected chi connectivity index (χ1v) is 9.82. The Balaban J connectivity index is 2.38. The van der Waals surface area contributed by atoms with E-state index in [4.69, 9.17) is 4.74 Å². The van der Waals surface area contributed by atoms with Crippen molar-refractivity contribution in [1.29, 1.82) is 0 Å². The number of ether oxygens (including phenoxy) is 1. The average molecular weight is 335 g/mol. The molecule has 0 radical (unpaired) electrons. The molecule has 1 rings (SSSR count). The van der Waals surface area contributed by atoms with Crippen molar-refractivity contribution in [3.8, 4) is 0 Å². The first kappa shape index (κ1) is 18.6. The van der Waals surface area contributed by atoms with Gasteiger partial charge < -0.3 is 10.1 Å². The van der Waals surface area contributed by atoms with E-state index in [1.54, 1.807) is 6.07 Å². The van der Waals surface area contributed by atoms with Crippen LogP contribution in [0.1, 0.15) is 38.0 Å². The zero-order chi connectivity index (χ0) is 15.6. The molecule has 2 N–H and O–H groups in total. The van der Waals surface area contributed by atoms with Crippen LogP contribution in [0, 0.1) is 0 Å². The molecule has 0 atom stereocenters. The highest BCUT2D eigenvalue weighted by molar-refractivity contribution is 7.89. The van der Waals surface area contributed by atoms with Gasteiger partial charge >= 0.3 is 0 Å². The van der Waals surface area contributed by atoms with E-state index in [1.807, 2.05) is 12.3 Å². The summed E-state index contributed by atoms with van der Waals surface area (Å²) in [6.07, 6.45) is 2.85. The van der Waals surface area contributed by atoms with Crippen molar-refractivity contribution in [2.24, 2.45) is 0 Å². The number of hydrogen-bond donors (Lipinski definition) is 2. The summed E-state index contributed by atoms with van der Waals surface area (Å²) in [5.41, 5.74) is 0. The fourth-order valence-corrected chi connectivity index (χ4v) is 4.23. The van der Waals surface area contributed by atoms with Crippen molar-refractivity contribution >= 4 is 21.4 Å². The lowest BCUT2D eigenvalue weighted by atomic mass is 10.4. The molecule has 7 heteroatoms. The molecule has 1 aromatic heterocycles. The van der Waals surface area contributed by atoms with Crippen LogP contribution in [-0.2, 0) is 21.3 Å². The minimum Gasteiger partial charge on any atom is -0.381 e. The number of hydrogen-bond acceptors (Lipinski definition) is 5. The van der Waals surface area contributed by atoms with Crippen LogP contribution >= 0.6 is 11.3 Å². The first-order valence-electron chi connectivity index (χ1n) is 7.46. The maximum Gasteiger partial charge on any atom is 0.241 e. The summed E-state index contributed by atoms with van der Waals surface area (Å²) in [6, 6.07) is 1.66. The van der Waals surface area contributed by atoms with Crippen molar-refractivity contribution in [1.82, 2.24) is 10.0 Å². The van der Waals surface area contributed by atoms with Gasteiger partial charge in [0.2, 0.25) is 10.0 Å². The standard InChI is InChI=1S/C14H26N2O3S2/c1-3-5-9-19-10-6-8-16-21(17,18)14-7-11-20-13(14)12-15-4-2/h7,11,15-16H,3-6,8-10,12H2,1-2H3. The van der Waals surface area contributed by atoms with E-state index < -0.39 is 10.0 Å². The Morgan fingerprint density at radius 1 is 1.24 bits per heavy atom. The highest BCUT2D eigenvalue weighted by Gasteiger charge is 2.18. The Hall–Kier alpha value is -0.470. The van der Waals surface area contributed by atoms with Crippen LogP contribution in [0.2, 0.25) is 0 Å². The lowest BCUT2D eigenvalue weighted by Crippen LogP contribution is -2.26. The van der Waals surface area contributed by atoms with Gasteiger partial charge in [0.15, 0.2) is 0 Å². The molecule has 1 heterocycles. The second kappa shape index (κ2) is 10.3. The molecule has 0 aromatic carbocycles. The van der Waals surface area contributed by atoms with Gasteiger partial charge in [-0.3, -0.25) is 0 Å². The zero-order valence-corrected chi connectivity index (χ0v) is 14.5. The number of unbranched alkanes of at least 4 members (excludes halogenated alkanes) is 1. The van der Waals surface area contributed by atoms with Crippen LogP contribution in [0.4, 0.5) is 0 Å². The largest absolute Gasteiger partial charge is 0.381 e. The second-order valence-corrected chi connectivity index (χ2v) is 7.44. The molecule has 0 aliphatic rings. The molecule has 0 aliphatic carbocycles. The van der Waals surface area contributed by atoms with Crippen LogP contribution in [0.3, 0.4) is 0 Å². The topological polar surface area (TPSA) is 67.4 Å². The molecule has 21 heavy (non-hydrogen) atoms. The highest BCUT2D eigenvalue weighted by atomic mass is 32.2. The molecule has 0 amide bonds. The van der Waals surface area contributed by atoms with Crippen LogP contribution in [0.15, 0.2) is 16.3 Å². The number of thiophene rings is 1. The van der Waals surface area contributed by atoms with Crippen molar-refractivity contribution in [2.45, 2.75) is 44.6 Å². The predicted molar refractivity (Wildman–Crippen MR) is 87.2 cm³/mol. The minimum absolute atomic E-state index is 0.389. The lowest BCUT2D eigenvalue weighted by Gasteiger charge is -2.08. The molecule has 0 aliphatic heterocycles. The van der Waals surface area contributed by atoms with Gasteiger partial charge in [0.25, 0.3) is 0 Å². The van der Waals surface area contributed by atoms with Crippen molar-refractivity contribution < 1.29 is 13.2 Å². The minimum atomic E-state index is -3.41. The van der Waals surface area contributed by atoms with Gasteiger partial charge in [-0.2, -0.15) is 0 Å². The molecule has 5 nitrogen and oxygen atoms in total. The molecule has 122 valence electrons. The first-order chi connectivity index (χ1) is 10.1. The Kier molecular flexibility index (Phi) is 9.10. The third-order valence-corrected chi connectivity index (χ3v) is 5.53. The van der Waals surface area contributed by atoms with E-state index >= 15 is 0 Å². The van der Waals surface area contributed by atoms with Crippen molar-refractivity contribution in [2.75, 3.05) is 26.3 Å². The molecule has 1 aromatic rings. The summed E-state index contributed by atoms with van der Waals surface area (Å²) >= 11 is 1.46. The van der Waals surface area contributed by atoms with Gasteiger partial charge in [0, 0.05) is 31.2 Å². The SMILES string of the molecule is CCCCOCCCNS(=O)(=O)c1ccsc1CNCC. The number of nitrogens with one attached hydrogen (secondary N) is 2. The molecule has 0 saturated carbocycles. The highest BCUT2D eigenvalue weighted by Crippen LogP contribution is 2.21. The van der Waals surface area contributed by atoms with E-state index in [9.17, 15) is 8.42 Å². The summed E-state index contributed by atoms with van der Waals surface area (Å²) in [5.74, 6) is 0. The third-order valence-electron chi connectivity index (χ3n) is 2.93. The second-order valence-electron chi connectivity index (χ2n) is 4.71. The molecule has 0 spiro atoms. The van der Waals surface area contributed by atoms with Gasteiger partial charge in [-0.05, 0) is 30.8 Å². The smallest absolute Gasteiger partial charge is 0.241 e. The van der Waals surface area contributed by atoms with Crippen LogP contribution in [-0.4, -0.2) is 34.7 Å². The zero-order valence-electron chi connectivity index (χ0n) is 12.9. The van der Waals surface area contributed by atoms with E-state index in [-0.39, 0.29) is 0 Å². The maximum absolute atomic E-state index is 12.2. The van der Waals surface area contributed by atoms with Crippen molar-refractivity contribution in [3.63, 3.8) is 0 Å². The maximum atomic E-state index is 12.2. The van der Waals surface area contributed by atoms with E-state index in [2.05, 4.69) is 17.0 Å². The molecular weight excluding hydrogens is 308 g/mol. The third kappa shape index (κ3) is 6.88. The lowest BCUT2D eigenvalue weighted by molar-refractivity contribution is 0.130. The van der Waals surface area contributed by atoms with Crippen LogP contribution in [0.25, 0.3) is 0 Å². The molecule has 0 bridgehead atoms. The van der Waals surface area contributed by atoms with Gasteiger partial charge in [0.1, 0.15) is 0 Å². The molecule has 0 saturated heterocycles. The van der Waals surface area contributed by atoms with E-state index in [1.165, 1.54) is 11.3 Å².